The highest BCUT2D eigenvalue weighted by molar-refractivity contribution is 5.71. The van der Waals surface area contributed by atoms with Crippen LogP contribution in [0.15, 0.2) is 170 Å². The summed E-state index contributed by atoms with van der Waals surface area (Å²) in [6.07, 6.45) is 96.4. The van der Waals surface area contributed by atoms with Crippen molar-refractivity contribution in [2.24, 2.45) is 0 Å². The molecule has 0 saturated carbocycles. The topological polar surface area (TPSA) is 78.9 Å². The van der Waals surface area contributed by atoms with Crippen LogP contribution in [-0.4, -0.2) is 37.2 Å². The minimum Gasteiger partial charge on any atom is -0.462 e. The molecule has 0 saturated heterocycles. The molecule has 1 unspecified atom stereocenters. The van der Waals surface area contributed by atoms with Crippen molar-refractivity contribution in [1.82, 2.24) is 0 Å². The zero-order valence-electron chi connectivity index (χ0n) is 50.6. The first-order chi connectivity index (χ1) is 39.0. The van der Waals surface area contributed by atoms with E-state index in [0.29, 0.717) is 19.3 Å². The fraction of sp³-hybridized carbons (Fsp3) is 0.575. The minimum atomic E-state index is -0.814. The lowest BCUT2D eigenvalue weighted by molar-refractivity contribution is -0.167. The maximum absolute atomic E-state index is 12.9. The van der Waals surface area contributed by atoms with Crippen LogP contribution < -0.4 is 0 Å². The predicted octanol–water partition coefficient (Wildman–Crippen LogP) is 21.9. The summed E-state index contributed by atoms with van der Waals surface area (Å²) in [6, 6.07) is 0. The average Bonchev–Trinajstić information content (AvgIpc) is 3.45. The van der Waals surface area contributed by atoms with Gasteiger partial charge in [-0.1, -0.05) is 255 Å². The number of unbranched alkanes of at least 4 members (excludes halogenated alkanes) is 16. The minimum absolute atomic E-state index is 0.108. The summed E-state index contributed by atoms with van der Waals surface area (Å²) in [4.78, 5) is 38.3. The summed E-state index contributed by atoms with van der Waals surface area (Å²) in [5.74, 6) is -0.968. The Hall–Kier alpha value is -5.23. The summed E-state index contributed by atoms with van der Waals surface area (Å²) >= 11 is 0. The van der Waals surface area contributed by atoms with Gasteiger partial charge in [0, 0.05) is 19.3 Å². The zero-order valence-corrected chi connectivity index (χ0v) is 50.6. The molecule has 1 atom stereocenters. The normalized spacial score (nSPS) is 13.3. The summed E-state index contributed by atoms with van der Waals surface area (Å²) in [7, 11) is 0. The molecule has 0 bridgehead atoms. The number of rotatable bonds is 55. The number of allylic oxidation sites excluding steroid dienone is 28. The molecule has 0 heterocycles. The van der Waals surface area contributed by atoms with E-state index in [9.17, 15) is 14.4 Å². The molecule has 0 aliphatic rings. The van der Waals surface area contributed by atoms with E-state index in [4.69, 9.17) is 14.2 Å². The van der Waals surface area contributed by atoms with Crippen LogP contribution in [0.3, 0.4) is 0 Å². The van der Waals surface area contributed by atoms with Gasteiger partial charge in [0.15, 0.2) is 6.10 Å². The molecule has 0 aliphatic carbocycles. The van der Waals surface area contributed by atoms with Gasteiger partial charge in [-0.25, -0.2) is 0 Å². The van der Waals surface area contributed by atoms with Crippen molar-refractivity contribution < 1.29 is 28.6 Å². The average molecular weight is 1090 g/mol. The van der Waals surface area contributed by atoms with Gasteiger partial charge in [0.1, 0.15) is 13.2 Å². The third-order valence-electron chi connectivity index (χ3n) is 12.7. The number of hydrogen-bond donors (Lipinski definition) is 0. The summed E-state index contributed by atoms with van der Waals surface area (Å²) in [5.41, 5.74) is 0. The van der Waals surface area contributed by atoms with E-state index in [1.54, 1.807) is 0 Å². The quantitative estimate of drug-likeness (QED) is 0.0261. The van der Waals surface area contributed by atoms with Gasteiger partial charge in [0.05, 0.1) is 0 Å². The molecule has 0 radical (unpaired) electrons. The van der Waals surface area contributed by atoms with E-state index in [2.05, 4.69) is 191 Å². The van der Waals surface area contributed by atoms with Gasteiger partial charge in [-0.2, -0.15) is 0 Å². The number of carbonyl (C=O) groups excluding carboxylic acids is 3. The zero-order chi connectivity index (χ0) is 57.1. The van der Waals surface area contributed by atoms with Crippen LogP contribution >= 0.6 is 0 Å². The maximum Gasteiger partial charge on any atom is 0.306 e. The molecule has 0 aromatic carbocycles. The van der Waals surface area contributed by atoms with Crippen LogP contribution in [0.5, 0.6) is 0 Å². The van der Waals surface area contributed by atoms with E-state index in [1.165, 1.54) is 32.1 Å². The van der Waals surface area contributed by atoms with Crippen LogP contribution in [-0.2, 0) is 28.6 Å². The van der Waals surface area contributed by atoms with Gasteiger partial charge in [-0.15, -0.1) is 0 Å². The number of ether oxygens (including phenoxy) is 3. The molecule has 6 heteroatoms. The van der Waals surface area contributed by atoms with Crippen LogP contribution in [0.25, 0.3) is 0 Å². The van der Waals surface area contributed by atoms with Crippen molar-refractivity contribution in [2.75, 3.05) is 13.2 Å². The van der Waals surface area contributed by atoms with Gasteiger partial charge in [0.2, 0.25) is 0 Å². The third-order valence-corrected chi connectivity index (χ3v) is 12.7. The smallest absolute Gasteiger partial charge is 0.306 e. The van der Waals surface area contributed by atoms with Gasteiger partial charge in [-0.05, 0) is 148 Å². The highest BCUT2D eigenvalue weighted by Crippen LogP contribution is 2.14. The molecule has 0 aromatic heterocycles. The lowest BCUT2D eigenvalue weighted by atomic mass is 10.1. The van der Waals surface area contributed by atoms with Crippen molar-refractivity contribution in [3.05, 3.63) is 170 Å². The first-order valence-corrected chi connectivity index (χ1v) is 31.6. The Morgan fingerprint density at radius 2 is 0.456 bits per heavy atom. The fourth-order valence-corrected chi connectivity index (χ4v) is 8.07. The Labute approximate surface area is 485 Å². The molecular formula is C73H114O6. The Kier molecular flexibility index (Phi) is 61.0. The molecule has 0 spiro atoms. The molecule has 0 aliphatic heterocycles. The molecule has 0 amide bonds. The van der Waals surface area contributed by atoms with Gasteiger partial charge in [0.25, 0.3) is 0 Å². The van der Waals surface area contributed by atoms with Gasteiger partial charge in [-0.3, -0.25) is 14.4 Å². The fourth-order valence-electron chi connectivity index (χ4n) is 8.07. The molecule has 0 rings (SSSR count). The molecule has 0 N–H and O–H groups in total. The van der Waals surface area contributed by atoms with Gasteiger partial charge < -0.3 is 14.2 Å². The van der Waals surface area contributed by atoms with Crippen LogP contribution in [0.2, 0.25) is 0 Å². The largest absolute Gasteiger partial charge is 0.462 e. The number of hydrogen-bond acceptors (Lipinski definition) is 6. The molecule has 6 nitrogen and oxygen atoms in total. The Morgan fingerprint density at radius 3 is 0.722 bits per heavy atom. The summed E-state index contributed by atoms with van der Waals surface area (Å²) in [5, 5.41) is 0. The van der Waals surface area contributed by atoms with E-state index < -0.39 is 6.10 Å². The number of esters is 3. The second-order valence-electron chi connectivity index (χ2n) is 20.2. The second kappa shape index (κ2) is 65.3. The maximum atomic E-state index is 12.9. The Bertz CT molecular complexity index is 1820. The van der Waals surface area contributed by atoms with Crippen molar-refractivity contribution in [3.8, 4) is 0 Å². The second-order valence-corrected chi connectivity index (χ2v) is 20.2. The van der Waals surface area contributed by atoms with Crippen LogP contribution in [0, 0.1) is 0 Å². The Balaban J connectivity index is 4.45. The van der Waals surface area contributed by atoms with Crippen molar-refractivity contribution in [3.63, 3.8) is 0 Å². The molecule has 442 valence electrons. The molecular weight excluding hydrogens is 973 g/mol. The molecule has 0 fully saturated rings. The summed E-state index contributed by atoms with van der Waals surface area (Å²) in [6.45, 7) is 6.24. The lowest BCUT2D eigenvalue weighted by Gasteiger charge is -2.18. The molecule has 0 aromatic rings. The van der Waals surface area contributed by atoms with E-state index in [-0.39, 0.29) is 31.1 Å². The van der Waals surface area contributed by atoms with E-state index >= 15 is 0 Å². The first-order valence-electron chi connectivity index (χ1n) is 31.6. The van der Waals surface area contributed by atoms with Crippen molar-refractivity contribution in [2.45, 2.75) is 258 Å². The lowest BCUT2D eigenvalue weighted by Crippen LogP contribution is -2.30. The standard InChI is InChI=1S/C73H114O6/c1-4-7-10-13-16-19-22-25-27-29-31-33-35-36-38-39-41-43-45-48-51-54-57-60-63-66-72(75)78-69-70(68-77-71(74)65-62-59-56-53-50-47-24-21-18-15-12-9-6-3)79-73(76)67-64-61-58-55-52-49-46-44-42-40-37-34-32-30-28-26-23-20-17-14-11-8-5-2/h7-12,16-21,25-28,31-34,36,38,40-43,47,50,70H,4-6,13-15,22-24,29-30,35,37,39,44-46,48-49,51-69H2,1-3H3/b10-7-,11-8-,12-9-,19-16-,20-17-,21-18-,27-25-,28-26-,33-31-,34-32-,38-36-,42-40-,43-41-,50-47-. The van der Waals surface area contributed by atoms with Crippen LogP contribution in [0.4, 0.5) is 0 Å². The monoisotopic (exact) mass is 1090 g/mol. The highest BCUT2D eigenvalue weighted by atomic mass is 16.6. The Morgan fingerprint density at radius 1 is 0.253 bits per heavy atom. The van der Waals surface area contributed by atoms with Crippen molar-refractivity contribution in [1.29, 1.82) is 0 Å². The predicted molar refractivity (Wildman–Crippen MR) is 343 cm³/mol. The first kappa shape index (κ1) is 73.8. The SMILES string of the molecule is CC/C=C\C/C=C\C/C=C\C/C=C\C/C=C\C/C=C\CCCCCCCCC(=O)OCC(COC(=O)CCCCC/C=C\C/C=C\C/C=C\CC)OC(=O)CCCCCCCCC/C=C\C/C=C\C/C=C\C/C=C\C/C=C\CC. The van der Waals surface area contributed by atoms with E-state index in [0.717, 1.165) is 180 Å². The van der Waals surface area contributed by atoms with E-state index in [1.807, 2.05) is 0 Å². The van der Waals surface area contributed by atoms with Crippen molar-refractivity contribution >= 4 is 17.9 Å². The number of carbonyl (C=O) groups is 3. The third kappa shape index (κ3) is 63.5. The van der Waals surface area contributed by atoms with Crippen LogP contribution in [0.1, 0.15) is 252 Å². The highest BCUT2D eigenvalue weighted by Gasteiger charge is 2.19. The van der Waals surface area contributed by atoms with Gasteiger partial charge >= 0.3 is 17.9 Å². The summed E-state index contributed by atoms with van der Waals surface area (Å²) < 4.78 is 16.9. The molecule has 79 heavy (non-hydrogen) atoms.